The van der Waals surface area contributed by atoms with Crippen LogP contribution in [0.1, 0.15) is 26.7 Å². The Kier molecular flexibility index (Phi) is 3.81. The lowest BCUT2D eigenvalue weighted by Crippen LogP contribution is -2.80. The van der Waals surface area contributed by atoms with Crippen LogP contribution in [0.5, 0.6) is 0 Å². The molecular formula is C14H25N3O3. The smallest absolute Gasteiger partial charge is 0.243 e. The van der Waals surface area contributed by atoms with Crippen molar-refractivity contribution in [1.82, 2.24) is 10.2 Å². The van der Waals surface area contributed by atoms with Gasteiger partial charge in [0.05, 0.1) is 6.10 Å². The summed E-state index contributed by atoms with van der Waals surface area (Å²) in [6.07, 6.45) is 1.20. The SMILES string of the molecule is CNC(=O)CCN(C)C(=O)C1(N)C2CCOC2C1(C)C. The van der Waals surface area contributed by atoms with E-state index in [-0.39, 0.29) is 29.3 Å². The Hall–Kier alpha value is -1.14. The Morgan fingerprint density at radius 3 is 2.70 bits per heavy atom. The summed E-state index contributed by atoms with van der Waals surface area (Å²) in [4.78, 5) is 25.6. The number of nitrogens with two attached hydrogens (primary N) is 1. The fourth-order valence-electron chi connectivity index (χ4n) is 3.63. The van der Waals surface area contributed by atoms with E-state index in [4.69, 9.17) is 10.5 Å². The molecule has 0 spiro atoms. The van der Waals surface area contributed by atoms with Crippen molar-refractivity contribution in [3.63, 3.8) is 0 Å². The number of amides is 2. The average molecular weight is 283 g/mol. The molecule has 1 aliphatic heterocycles. The summed E-state index contributed by atoms with van der Waals surface area (Å²) >= 11 is 0. The highest BCUT2D eigenvalue weighted by Gasteiger charge is 2.71. The number of carbonyl (C=O) groups excluding carboxylic acids is 2. The molecular weight excluding hydrogens is 258 g/mol. The minimum Gasteiger partial charge on any atom is -0.377 e. The number of carbonyl (C=O) groups is 2. The van der Waals surface area contributed by atoms with Crippen LogP contribution in [0.3, 0.4) is 0 Å². The highest BCUT2D eigenvalue weighted by molar-refractivity contribution is 5.90. The topological polar surface area (TPSA) is 84.7 Å². The van der Waals surface area contributed by atoms with E-state index in [2.05, 4.69) is 5.32 Å². The minimum atomic E-state index is -0.883. The number of ether oxygens (including phenoxy) is 1. The number of nitrogens with one attached hydrogen (secondary N) is 1. The van der Waals surface area contributed by atoms with Crippen LogP contribution < -0.4 is 11.1 Å². The number of rotatable bonds is 4. The highest BCUT2D eigenvalue weighted by atomic mass is 16.5. The highest BCUT2D eigenvalue weighted by Crippen LogP contribution is 2.58. The number of hydrogen-bond donors (Lipinski definition) is 2. The average Bonchev–Trinajstić information content (AvgIpc) is 2.90. The van der Waals surface area contributed by atoms with Gasteiger partial charge in [-0.05, 0) is 6.42 Å². The standard InChI is InChI=1S/C14H25N3O3/c1-13(2)11-9(6-8-20-11)14(13,15)12(19)17(4)7-5-10(18)16-3/h9,11H,5-8,15H2,1-4H3,(H,16,18). The van der Waals surface area contributed by atoms with Crippen LogP contribution in [-0.2, 0) is 14.3 Å². The van der Waals surface area contributed by atoms with E-state index in [1.165, 1.54) is 0 Å². The van der Waals surface area contributed by atoms with Gasteiger partial charge in [-0.2, -0.15) is 0 Å². The van der Waals surface area contributed by atoms with Crippen molar-refractivity contribution in [2.45, 2.75) is 38.3 Å². The lowest BCUT2D eigenvalue weighted by Gasteiger charge is -2.61. The first-order valence-corrected chi connectivity index (χ1v) is 7.13. The van der Waals surface area contributed by atoms with E-state index < -0.39 is 5.54 Å². The van der Waals surface area contributed by atoms with Gasteiger partial charge in [-0.25, -0.2) is 0 Å². The van der Waals surface area contributed by atoms with E-state index >= 15 is 0 Å². The predicted octanol–water partition coefficient (Wildman–Crippen LogP) is -0.277. The van der Waals surface area contributed by atoms with Crippen molar-refractivity contribution in [2.24, 2.45) is 17.1 Å². The zero-order chi connectivity index (χ0) is 15.1. The fraction of sp³-hybridized carbons (Fsp3) is 0.857. The Bertz CT molecular complexity index is 424. The Labute approximate surface area is 120 Å². The molecule has 3 unspecified atom stereocenters. The largest absolute Gasteiger partial charge is 0.377 e. The first-order chi connectivity index (χ1) is 9.26. The summed E-state index contributed by atoms with van der Waals surface area (Å²) in [6.45, 7) is 5.03. The van der Waals surface area contributed by atoms with Gasteiger partial charge in [-0.15, -0.1) is 0 Å². The zero-order valence-corrected chi connectivity index (χ0v) is 12.7. The van der Waals surface area contributed by atoms with Crippen molar-refractivity contribution >= 4 is 11.8 Å². The molecule has 1 saturated carbocycles. The Morgan fingerprint density at radius 2 is 2.10 bits per heavy atom. The van der Waals surface area contributed by atoms with Gasteiger partial charge < -0.3 is 20.7 Å². The predicted molar refractivity (Wildman–Crippen MR) is 74.9 cm³/mol. The van der Waals surface area contributed by atoms with Crippen LogP contribution >= 0.6 is 0 Å². The third-order valence-corrected chi connectivity index (χ3v) is 5.11. The molecule has 6 nitrogen and oxygen atoms in total. The maximum absolute atomic E-state index is 12.7. The molecule has 3 atom stereocenters. The van der Waals surface area contributed by atoms with E-state index in [1.807, 2.05) is 13.8 Å². The Balaban J connectivity index is 2.06. The summed E-state index contributed by atoms with van der Waals surface area (Å²) in [5, 5.41) is 2.55. The van der Waals surface area contributed by atoms with Crippen LogP contribution in [-0.4, -0.2) is 55.6 Å². The molecule has 1 aliphatic carbocycles. The van der Waals surface area contributed by atoms with Crippen LogP contribution in [0.15, 0.2) is 0 Å². The van der Waals surface area contributed by atoms with E-state index in [0.717, 1.165) is 6.42 Å². The van der Waals surface area contributed by atoms with Crippen molar-refractivity contribution in [2.75, 3.05) is 27.2 Å². The summed E-state index contributed by atoms with van der Waals surface area (Å²) in [6, 6.07) is 0. The van der Waals surface area contributed by atoms with Gasteiger partial charge in [0, 0.05) is 45.0 Å². The molecule has 6 heteroatoms. The van der Waals surface area contributed by atoms with Gasteiger partial charge >= 0.3 is 0 Å². The number of fused-ring (bicyclic) bond motifs is 1. The number of hydrogen-bond acceptors (Lipinski definition) is 4. The Morgan fingerprint density at radius 1 is 1.45 bits per heavy atom. The zero-order valence-electron chi connectivity index (χ0n) is 12.7. The molecule has 2 amide bonds. The van der Waals surface area contributed by atoms with Crippen LogP contribution in [0.4, 0.5) is 0 Å². The van der Waals surface area contributed by atoms with Gasteiger partial charge in [0.15, 0.2) is 0 Å². The summed E-state index contributed by atoms with van der Waals surface area (Å²) in [5.41, 5.74) is 5.23. The van der Waals surface area contributed by atoms with Crippen molar-refractivity contribution in [1.29, 1.82) is 0 Å². The normalized spacial score (nSPS) is 34.0. The van der Waals surface area contributed by atoms with E-state index in [1.54, 1.807) is 19.0 Å². The van der Waals surface area contributed by atoms with Gasteiger partial charge in [0.2, 0.25) is 11.8 Å². The van der Waals surface area contributed by atoms with Gasteiger partial charge in [0.1, 0.15) is 5.54 Å². The van der Waals surface area contributed by atoms with Crippen LogP contribution in [0, 0.1) is 11.3 Å². The molecule has 114 valence electrons. The maximum atomic E-state index is 12.7. The quantitative estimate of drug-likeness (QED) is 0.743. The molecule has 0 bridgehead atoms. The molecule has 2 aliphatic rings. The summed E-state index contributed by atoms with van der Waals surface area (Å²) in [5.74, 6) is -0.0729. The van der Waals surface area contributed by atoms with Crippen molar-refractivity contribution in [3.8, 4) is 0 Å². The molecule has 0 aromatic heterocycles. The summed E-state index contributed by atoms with van der Waals surface area (Å²) in [7, 11) is 3.29. The fourth-order valence-corrected chi connectivity index (χ4v) is 3.63. The molecule has 2 fully saturated rings. The molecule has 1 saturated heterocycles. The summed E-state index contributed by atoms with van der Waals surface area (Å²) < 4.78 is 5.69. The molecule has 20 heavy (non-hydrogen) atoms. The number of nitrogens with zero attached hydrogens (tertiary/aromatic N) is 1. The first-order valence-electron chi connectivity index (χ1n) is 7.13. The van der Waals surface area contributed by atoms with Crippen LogP contribution in [0.2, 0.25) is 0 Å². The molecule has 0 aromatic rings. The second-order valence-electron chi connectivity index (χ2n) is 6.43. The minimum absolute atomic E-state index is 0.0730. The second-order valence-corrected chi connectivity index (χ2v) is 6.43. The molecule has 0 aromatic carbocycles. The molecule has 3 N–H and O–H groups in total. The van der Waals surface area contributed by atoms with Gasteiger partial charge in [-0.1, -0.05) is 13.8 Å². The van der Waals surface area contributed by atoms with Gasteiger partial charge in [0.25, 0.3) is 0 Å². The van der Waals surface area contributed by atoms with Gasteiger partial charge in [-0.3, -0.25) is 9.59 Å². The van der Waals surface area contributed by atoms with Crippen LogP contribution in [0.25, 0.3) is 0 Å². The monoisotopic (exact) mass is 283 g/mol. The lowest BCUT2D eigenvalue weighted by molar-refractivity contribution is -0.183. The molecule has 0 radical (unpaired) electrons. The van der Waals surface area contributed by atoms with Crippen molar-refractivity contribution < 1.29 is 14.3 Å². The molecule has 1 heterocycles. The maximum Gasteiger partial charge on any atom is 0.243 e. The second kappa shape index (κ2) is 5.00. The molecule has 2 rings (SSSR count). The lowest BCUT2D eigenvalue weighted by atomic mass is 9.47. The first kappa shape index (κ1) is 15.3. The number of likely N-dealkylation sites (N-methyl/N-ethyl adjacent to an activating group) is 1. The third kappa shape index (κ3) is 1.93. The van der Waals surface area contributed by atoms with Crippen molar-refractivity contribution in [3.05, 3.63) is 0 Å². The third-order valence-electron chi connectivity index (χ3n) is 5.11. The van der Waals surface area contributed by atoms with E-state index in [0.29, 0.717) is 19.6 Å². The van der Waals surface area contributed by atoms with E-state index in [9.17, 15) is 9.59 Å².